The third-order valence-corrected chi connectivity index (χ3v) is 8.99. The second-order valence-electron chi connectivity index (χ2n) is 10.6. The number of amides is 2. The summed E-state index contributed by atoms with van der Waals surface area (Å²) in [6.45, 7) is 6.24. The van der Waals surface area contributed by atoms with Gasteiger partial charge in [-0.1, -0.05) is 66.2 Å². The summed E-state index contributed by atoms with van der Waals surface area (Å²) < 4.78 is -0.543. The van der Waals surface area contributed by atoms with E-state index in [1.54, 1.807) is 24.3 Å². The number of carbonyl (C=O) groups is 2. The first-order chi connectivity index (χ1) is 19.5. The number of aliphatic hydroxyl groups excluding tert-OH is 1. The van der Waals surface area contributed by atoms with Crippen molar-refractivity contribution in [2.45, 2.75) is 56.7 Å². The number of nitrogens with one attached hydrogen (secondary N) is 3. The maximum absolute atomic E-state index is 13.8. The van der Waals surface area contributed by atoms with Crippen LogP contribution in [0.25, 0.3) is 0 Å². The number of aryl methyl sites for hydroxylation is 1. The van der Waals surface area contributed by atoms with Crippen LogP contribution < -0.4 is 16.0 Å². The molecule has 1 aliphatic heterocycles. The van der Waals surface area contributed by atoms with Crippen LogP contribution in [0.15, 0.2) is 78.9 Å². The Kier molecular flexibility index (Phi) is 10.3. The summed E-state index contributed by atoms with van der Waals surface area (Å²) in [7, 11) is 0. The van der Waals surface area contributed by atoms with Crippen molar-refractivity contribution in [2.24, 2.45) is 0 Å². The quantitative estimate of drug-likeness (QED) is 0.256. The Morgan fingerprint density at radius 2 is 1.73 bits per heavy atom. The average Bonchev–Trinajstić information content (AvgIpc) is 3.27. The average molecular weight is 611 g/mol. The Hall–Kier alpha value is -3.11. The van der Waals surface area contributed by atoms with Gasteiger partial charge in [0.25, 0.3) is 5.91 Å². The number of benzene rings is 3. The molecule has 3 aromatic rings. The zero-order valence-electron chi connectivity index (χ0n) is 23.3. The van der Waals surface area contributed by atoms with Gasteiger partial charge in [0, 0.05) is 22.0 Å². The van der Waals surface area contributed by atoms with Crippen LogP contribution in [0.4, 0.5) is 5.69 Å². The van der Waals surface area contributed by atoms with E-state index in [1.807, 2.05) is 75.4 Å². The van der Waals surface area contributed by atoms with Gasteiger partial charge in [0.15, 0.2) is 11.2 Å². The Balaban J connectivity index is 1.50. The van der Waals surface area contributed by atoms with E-state index in [4.69, 9.17) is 23.8 Å². The van der Waals surface area contributed by atoms with Crippen LogP contribution >= 0.6 is 35.6 Å². The second-order valence-corrected chi connectivity index (χ2v) is 13.0. The monoisotopic (exact) mass is 610 g/mol. The summed E-state index contributed by atoms with van der Waals surface area (Å²) in [4.78, 5) is 28.8. The van der Waals surface area contributed by atoms with Crippen LogP contribution in [0.1, 0.15) is 30.5 Å². The van der Waals surface area contributed by atoms with Crippen LogP contribution in [0.5, 0.6) is 0 Å². The van der Waals surface area contributed by atoms with Crippen LogP contribution in [0.2, 0.25) is 5.02 Å². The molecule has 41 heavy (non-hydrogen) atoms. The predicted octanol–water partition coefficient (Wildman–Crippen LogP) is 4.90. The van der Waals surface area contributed by atoms with Gasteiger partial charge in [-0.25, -0.2) is 0 Å². The van der Waals surface area contributed by atoms with Crippen LogP contribution in [0, 0.1) is 6.92 Å². The van der Waals surface area contributed by atoms with Gasteiger partial charge in [-0.15, -0.1) is 11.8 Å². The minimum Gasteiger partial charge on any atom is -0.381 e. The number of carbonyl (C=O) groups excluding carboxylic acids is 2. The molecule has 0 aromatic heterocycles. The van der Waals surface area contributed by atoms with Gasteiger partial charge in [-0.3, -0.25) is 9.59 Å². The summed E-state index contributed by atoms with van der Waals surface area (Å²) in [6.07, 6.45) is -1.12. The smallest absolute Gasteiger partial charge is 0.254 e. The van der Waals surface area contributed by atoms with Crippen molar-refractivity contribution in [3.63, 3.8) is 0 Å². The Labute approximate surface area is 256 Å². The fourth-order valence-corrected chi connectivity index (χ4v) is 6.36. The van der Waals surface area contributed by atoms with Gasteiger partial charge < -0.3 is 26.0 Å². The van der Waals surface area contributed by atoms with Gasteiger partial charge in [-0.2, -0.15) is 0 Å². The Bertz CT molecular complexity index is 1370. The van der Waals surface area contributed by atoms with E-state index >= 15 is 0 Å². The molecule has 3 unspecified atom stereocenters. The molecular weight excluding hydrogens is 576 g/mol. The maximum atomic E-state index is 13.8. The highest BCUT2D eigenvalue weighted by atomic mass is 35.5. The zero-order chi connectivity index (χ0) is 29.6. The van der Waals surface area contributed by atoms with Crippen molar-refractivity contribution in [1.29, 1.82) is 0 Å². The fraction of sp³-hybridized carbons (Fsp3) is 0.323. The fourth-order valence-electron chi connectivity index (χ4n) is 4.82. The number of hydrogen-bond donors (Lipinski definition) is 4. The van der Waals surface area contributed by atoms with Crippen molar-refractivity contribution >= 4 is 58.2 Å². The number of rotatable bonds is 9. The lowest BCUT2D eigenvalue weighted by atomic mass is 9.97. The van der Waals surface area contributed by atoms with Crippen molar-refractivity contribution in [2.75, 3.05) is 11.2 Å². The molecule has 2 amide bonds. The molecule has 3 atom stereocenters. The molecule has 0 bridgehead atoms. The van der Waals surface area contributed by atoms with Gasteiger partial charge in [0.2, 0.25) is 5.91 Å². The van der Waals surface area contributed by atoms with Crippen LogP contribution in [-0.4, -0.2) is 55.7 Å². The lowest BCUT2D eigenvalue weighted by molar-refractivity contribution is -0.147. The van der Waals surface area contributed by atoms with E-state index in [1.165, 1.54) is 16.7 Å². The molecule has 4 rings (SSSR count). The molecule has 0 radical (unpaired) electrons. The molecule has 1 saturated heterocycles. The largest absolute Gasteiger partial charge is 0.381 e. The highest BCUT2D eigenvalue weighted by Crippen LogP contribution is 2.40. The minimum atomic E-state index is -1.46. The van der Waals surface area contributed by atoms with Crippen LogP contribution in [0.3, 0.4) is 0 Å². The molecule has 216 valence electrons. The molecule has 1 heterocycles. The number of thioether (sulfide) groups is 1. The standard InChI is InChI=1S/C31H35ClN4O3S2/c1-20-9-7-8-12-22(20)18-33-28(38)27-31(2,3)41-19-36(27)29(39)26(37)25(17-21-10-5-4-6-11-21)35-30(40)34-24-15-13-23(32)14-16-24/h4-16,25-27,37H,17-19H2,1-3H3,(H,33,38)(H2,34,35,40). The van der Waals surface area contributed by atoms with E-state index in [2.05, 4.69) is 16.0 Å². The predicted molar refractivity (Wildman–Crippen MR) is 171 cm³/mol. The highest BCUT2D eigenvalue weighted by molar-refractivity contribution is 8.00. The highest BCUT2D eigenvalue weighted by Gasteiger charge is 2.49. The summed E-state index contributed by atoms with van der Waals surface area (Å²) in [5, 5.41) is 21.5. The molecule has 1 fully saturated rings. The minimum absolute atomic E-state index is 0.253. The van der Waals surface area contributed by atoms with E-state index in [0.717, 1.165) is 16.7 Å². The van der Waals surface area contributed by atoms with Gasteiger partial charge in [-0.05, 0) is 80.4 Å². The van der Waals surface area contributed by atoms with Gasteiger partial charge in [0.05, 0.1) is 11.9 Å². The topological polar surface area (TPSA) is 93.7 Å². The summed E-state index contributed by atoms with van der Waals surface area (Å²) in [6, 6.07) is 23.0. The summed E-state index contributed by atoms with van der Waals surface area (Å²) in [5.74, 6) is -0.491. The molecule has 4 N–H and O–H groups in total. The first-order valence-electron chi connectivity index (χ1n) is 13.4. The van der Waals surface area contributed by atoms with Crippen molar-refractivity contribution in [1.82, 2.24) is 15.5 Å². The first kappa shape index (κ1) is 30.8. The zero-order valence-corrected chi connectivity index (χ0v) is 25.7. The van der Waals surface area contributed by atoms with Crippen molar-refractivity contribution in [3.05, 3.63) is 101 Å². The lowest BCUT2D eigenvalue weighted by Crippen LogP contribution is -2.59. The van der Waals surface area contributed by atoms with Gasteiger partial charge in [0.1, 0.15) is 6.04 Å². The number of hydrogen-bond acceptors (Lipinski definition) is 5. The third-order valence-electron chi connectivity index (χ3n) is 7.14. The van der Waals surface area contributed by atoms with E-state index in [9.17, 15) is 14.7 Å². The molecule has 0 aliphatic carbocycles. The number of thiocarbonyl (C=S) groups is 1. The van der Waals surface area contributed by atoms with Crippen molar-refractivity contribution in [3.8, 4) is 0 Å². The van der Waals surface area contributed by atoms with Crippen molar-refractivity contribution < 1.29 is 14.7 Å². The second kappa shape index (κ2) is 13.7. The Morgan fingerprint density at radius 3 is 2.41 bits per heavy atom. The van der Waals surface area contributed by atoms with Crippen LogP contribution in [-0.2, 0) is 22.6 Å². The third kappa shape index (κ3) is 8.01. The first-order valence-corrected chi connectivity index (χ1v) is 15.1. The lowest BCUT2D eigenvalue weighted by Gasteiger charge is -2.33. The molecule has 7 nitrogen and oxygen atoms in total. The Morgan fingerprint density at radius 1 is 1.07 bits per heavy atom. The van der Waals surface area contributed by atoms with Gasteiger partial charge >= 0.3 is 0 Å². The summed E-state index contributed by atoms with van der Waals surface area (Å²) in [5.41, 5.74) is 3.73. The summed E-state index contributed by atoms with van der Waals surface area (Å²) >= 11 is 13.0. The van der Waals surface area contributed by atoms with E-state index in [0.29, 0.717) is 23.7 Å². The number of halogens is 1. The molecule has 0 saturated carbocycles. The molecule has 1 aliphatic rings. The van der Waals surface area contributed by atoms with E-state index in [-0.39, 0.29) is 16.9 Å². The molecule has 10 heteroatoms. The molecule has 0 spiro atoms. The molecular formula is C31H35ClN4O3S2. The number of aliphatic hydroxyl groups is 1. The normalized spacial score (nSPS) is 17.4. The SMILES string of the molecule is Cc1ccccc1CNC(=O)C1N(C(=O)C(O)C(Cc2ccccc2)NC(=S)Nc2ccc(Cl)cc2)CSC1(C)C. The molecule has 3 aromatic carbocycles. The van der Waals surface area contributed by atoms with E-state index < -0.39 is 28.8 Å². The number of anilines is 1. The number of nitrogens with zero attached hydrogens (tertiary/aromatic N) is 1. The maximum Gasteiger partial charge on any atom is 0.254 e.